The topological polar surface area (TPSA) is 9.86 Å². The molecule has 0 fully saturated rings. The Morgan fingerprint density at radius 1 is 0.203 bits per heavy atom. The van der Waals surface area contributed by atoms with Gasteiger partial charge in [0.05, 0.1) is 22.1 Å². The average Bonchev–Trinajstić information content (AvgIpc) is 3.94. The van der Waals surface area contributed by atoms with Gasteiger partial charge in [0.25, 0.3) is 0 Å². The van der Waals surface area contributed by atoms with Gasteiger partial charge < -0.3 is 9.13 Å². The highest BCUT2D eigenvalue weighted by molar-refractivity contribution is 7.20. The van der Waals surface area contributed by atoms with Crippen LogP contribution in [0.15, 0.2) is 267 Å². The van der Waals surface area contributed by atoms with Gasteiger partial charge in [-0.2, -0.15) is 0 Å². The predicted octanol–water partition coefficient (Wildman–Crippen LogP) is 14.2. The van der Waals surface area contributed by atoms with Crippen LogP contribution in [0.5, 0.6) is 0 Å². The summed E-state index contributed by atoms with van der Waals surface area (Å²) in [6.45, 7) is 0. The van der Waals surface area contributed by atoms with Crippen molar-refractivity contribution in [1.82, 2.24) is 9.13 Å². The van der Waals surface area contributed by atoms with Gasteiger partial charge in [0.2, 0.25) is 0 Å². The summed E-state index contributed by atoms with van der Waals surface area (Å²) in [6.07, 6.45) is 0. The van der Waals surface area contributed by atoms with Crippen molar-refractivity contribution in [1.29, 1.82) is 0 Å². The molecule has 0 aliphatic heterocycles. The van der Waals surface area contributed by atoms with Gasteiger partial charge in [-0.05, 0) is 108 Å². The lowest BCUT2D eigenvalue weighted by atomic mass is 9.81. The lowest BCUT2D eigenvalue weighted by molar-refractivity contribution is 1.16. The maximum absolute atomic E-state index is 3.08. The Labute approximate surface area is 402 Å². The standard InChI is InChI=1S/C66H44N2Si/c1-3-21-47(22-4-1)69(48-23-5-2-6-24-48,50-39-41-57-55-30-10-9-28-53(55)51-26-7-8-27-52(51)54-29-11-12-31-56(54)62(57)44-50)49-25-19-20-45(42-49)68-65-37-18-15-34-60(65)61-40-38-46(43-66(61)68)67-63-35-16-13-32-58(63)59-33-14-17-36-64(59)67/h1-44H. The van der Waals surface area contributed by atoms with Gasteiger partial charge in [-0.3, -0.25) is 0 Å². The van der Waals surface area contributed by atoms with Gasteiger partial charge in [0, 0.05) is 32.9 Å². The molecule has 0 bridgehead atoms. The first kappa shape index (κ1) is 39.4. The fraction of sp³-hybridized carbons (Fsp3) is 0. The van der Waals surface area contributed by atoms with Crippen LogP contribution in [0.2, 0.25) is 0 Å². The number of para-hydroxylation sites is 3. The Kier molecular flexibility index (Phi) is 8.95. The maximum atomic E-state index is 2.57. The molecular weight excluding hydrogens is 849 g/mol. The second kappa shape index (κ2) is 15.7. The van der Waals surface area contributed by atoms with Crippen LogP contribution in [0.3, 0.4) is 0 Å². The normalized spacial score (nSPS) is 12.1. The van der Waals surface area contributed by atoms with E-state index in [1.165, 1.54) is 109 Å². The quantitative estimate of drug-likeness (QED) is 0.116. The Morgan fingerprint density at radius 2 is 0.565 bits per heavy atom. The molecule has 0 saturated carbocycles. The highest BCUT2D eigenvalue weighted by atomic mass is 28.3. The molecule has 0 saturated heterocycles. The van der Waals surface area contributed by atoms with Crippen molar-refractivity contribution in [2.45, 2.75) is 0 Å². The van der Waals surface area contributed by atoms with E-state index in [0.29, 0.717) is 0 Å². The minimum absolute atomic E-state index is 1.14. The molecule has 0 radical (unpaired) electrons. The third-order valence-electron chi connectivity index (χ3n) is 14.8. The molecule has 0 atom stereocenters. The molecule has 2 heterocycles. The first-order valence-electron chi connectivity index (χ1n) is 23.9. The SMILES string of the molecule is c1ccc([Si](c2ccccc2)(c2cccc(-n3c4ccccc4c4ccc(-n5c6ccccc6c6ccccc65)cc43)c2)c2ccc3c(c2)-c2ccccc2-c2ccccc2-c2ccccc2-3)cc1. The summed E-state index contributed by atoms with van der Waals surface area (Å²) >= 11 is 0. The Morgan fingerprint density at radius 3 is 1.07 bits per heavy atom. The van der Waals surface area contributed by atoms with Crippen molar-refractivity contribution >= 4 is 72.4 Å². The van der Waals surface area contributed by atoms with E-state index in [2.05, 4.69) is 276 Å². The lowest BCUT2D eigenvalue weighted by Crippen LogP contribution is -2.74. The zero-order valence-electron chi connectivity index (χ0n) is 37.8. The van der Waals surface area contributed by atoms with Crippen molar-refractivity contribution in [3.8, 4) is 55.9 Å². The zero-order valence-corrected chi connectivity index (χ0v) is 38.8. The van der Waals surface area contributed by atoms with Crippen molar-refractivity contribution in [3.05, 3.63) is 267 Å². The molecule has 69 heavy (non-hydrogen) atoms. The van der Waals surface area contributed by atoms with Crippen LogP contribution in [0.1, 0.15) is 0 Å². The fourth-order valence-electron chi connectivity index (χ4n) is 11.9. The molecule has 0 spiro atoms. The molecule has 1 aliphatic rings. The van der Waals surface area contributed by atoms with Gasteiger partial charge in [-0.15, -0.1) is 0 Å². The van der Waals surface area contributed by atoms with Crippen LogP contribution >= 0.6 is 0 Å². The van der Waals surface area contributed by atoms with Crippen LogP contribution in [0, 0.1) is 0 Å². The summed E-state index contributed by atoms with van der Waals surface area (Å²) in [7, 11) is -3.08. The predicted molar refractivity (Wildman–Crippen MR) is 294 cm³/mol. The summed E-state index contributed by atoms with van der Waals surface area (Å²) in [5.74, 6) is 0. The second-order valence-corrected chi connectivity index (χ2v) is 22.2. The largest absolute Gasteiger partial charge is 0.309 e. The molecule has 2 nitrogen and oxygen atoms in total. The highest BCUT2D eigenvalue weighted by Gasteiger charge is 2.42. The molecule has 0 unspecified atom stereocenters. The van der Waals surface area contributed by atoms with Crippen molar-refractivity contribution in [2.24, 2.45) is 0 Å². The van der Waals surface area contributed by atoms with Gasteiger partial charge in [-0.1, -0.05) is 224 Å². The number of rotatable bonds is 6. The van der Waals surface area contributed by atoms with Gasteiger partial charge in [0.15, 0.2) is 8.07 Å². The van der Waals surface area contributed by atoms with Crippen molar-refractivity contribution in [3.63, 3.8) is 0 Å². The molecule has 322 valence electrons. The molecule has 0 amide bonds. The number of hydrogen-bond donors (Lipinski definition) is 0. The van der Waals surface area contributed by atoms with Crippen molar-refractivity contribution < 1.29 is 0 Å². The minimum Gasteiger partial charge on any atom is -0.309 e. The maximum Gasteiger partial charge on any atom is 0.179 e. The van der Waals surface area contributed by atoms with E-state index in [4.69, 9.17) is 0 Å². The Hall–Kier alpha value is -8.76. The summed E-state index contributed by atoms with van der Waals surface area (Å²) < 4.78 is 4.94. The highest BCUT2D eigenvalue weighted by Crippen LogP contribution is 2.47. The van der Waals surface area contributed by atoms with Gasteiger partial charge in [-0.25, -0.2) is 0 Å². The van der Waals surface area contributed by atoms with E-state index in [1.54, 1.807) is 0 Å². The summed E-state index contributed by atoms with van der Waals surface area (Å²) in [4.78, 5) is 0. The number of fused-ring (bicyclic) bond motifs is 14. The van der Waals surface area contributed by atoms with Crippen LogP contribution in [-0.4, -0.2) is 17.2 Å². The molecule has 13 aromatic rings. The van der Waals surface area contributed by atoms with E-state index >= 15 is 0 Å². The van der Waals surface area contributed by atoms with Gasteiger partial charge >= 0.3 is 0 Å². The molecule has 2 aromatic heterocycles. The smallest absolute Gasteiger partial charge is 0.179 e. The molecule has 3 heteroatoms. The lowest BCUT2D eigenvalue weighted by Gasteiger charge is -2.35. The summed E-state index contributed by atoms with van der Waals surface area (Å²) in [6, 6.07) is 100. The summed E-state index contributed by atoms with van der Waals surface area (Å²) in [5.41, 5.74) is 17.1. The fourth-order valence-corrected chi connectivity index (χ4v) is 16.7. The van der Waals surface area contributed by atoms with Crippen LogP contribution in [0.25, 0.3) is 99.5 Å². The van der Waals surface area contributed by atoms with Crippen molar-refractivity contribution in [2.75, 3.05) is 0 Å². The first-order valence-corrected chi connectivity index (χ1v) is 25.9. The number of hydrogen-bond acceptors (Lipinski definition) is 0. The van der Waals surface area contributed by atoms with Crippen LogP contribution in [-0.2, 0) is 0 Å². The third-order valence-corrected chi connectivity index (χ3v) is 19.6. The van der Waals surface area contributed by atoms with E-state index < -0.39 is 8.07 Å². The molecule has 14 rings (SSSR count). The molecule has 11 aromatic carbocycles. The molecule has 1 aliphatic carbocycles. The third kappa shape index (κ3) is 5.91. The van der Waals surface area contributed by atoms with Crippen LogP contribution in [0.4, 0.5) is 0 Å². The molecule has 0 N–H and O–H groups in total. The monoisotopic (exact) mass is 892 g/mol. The molecular formula is C66H44N2Si. The average molecular weight is 893 g/mol. The number of benzene rings is 11. The van der Waals surface area contributed by atoms with E-state index in [1.807, 2.05) is 0 Å². The number of aromatic nitrogens is 2. The zero-order chi connectivity index (χ0) is 45.5. The van der Waals surface area contributed by atoms with E-state index in [0.717, 1.165) is 11.4 Å². The first-order chi connectivity index (χ1) is 34.3. The number of nitrogens with zero attached hydrogens (tertiary/aromatic N) is 2. The van der Waals surface area contributed by atoms with E-state index in [-0.39, 0.29) is 0 Å². The van der Waals surface area contributed by atoms with Crippen LogP contribution < -0.4 is 20.7 Å². The van der Waals surface area contributed by atoms with E-state index in [9.17, 15) is 0 Å². The Balaban J connectivity index is 1.05. The minimum atomic E-state index is -3.08. The Bertz CT molecular complexity index is 4040. The second-order valence-electron chi connectivity index (χ2n) is 18.4. The van der Waals surface area contributed by atoms with Gasteiger partial charge in [0.1, 0.15) is 0 Å². The summed E-state index contributed by atoms with van der Waals surface area (Å²) in [5, 5.41) is 10.3.